The molecule has 2 N–H and O–H groups in total. The number of amides is 2. The summed E-state index contributed by atoms with van der Waals surface area (Å²) in [6, 6.07) is 4.46. The van der Waals surface area contributed by atoms with Gasteiger partial charge in [0.1, 0.15) is 18.2 Å². The zero-order valence-corrected chi connectivity index (χ0v) is 12.3. The Morgan fingerprint density at radius 2 is 2.33 bits per heavy atom. The molecule has 21 heavy (non-hydrogen) atoms. The van der Waals surface area contributed by atoms with E-state index in [0.717, 1.165) is 18.5 Å². The van der Waals surface area contributed by atoms with Gasteiger partial charge in [-0.05, 0) is 31.2 Å². The smallest absolute Gasteiger partial charge is 0.317 e. The molecule has 0 aromatic heterocycles. The number of nitrogens with zero attached hydrogens (tertiary/aromatic N) is 1. The zero-order chi connectivity index (χ0) is 15.1. The van der Waals surface area contributed by atoms with E-state index in [9.17, 15) is 9.18 Å². The first kappa shape index (κ1) is 15.6. The quantitative estimate of drug-likeness (QED) is 0.718. The number of benzene rings is 1. The average molecular weight is 295 g/mol. The minimum Gasteiger partial charge on any atom is -0.491 e. The largest absolute Gasteiger partial charge is 0.491 e. The number of nitrogens with one attached hydrogen (secondary N) is 2. The van der Waals surface area contributed by atoms with Crippen LogP contribution in [0.2, 0.25) is 0 Å². The number of carbonyl (C=O) groups excluding carboxylic acids is 1. The van der Waals surface area contributed by atoms with Crippen LogP contribution in [-0.2, 0) is 6.54 Å². The van der Waals surface area contributed by atoms with Crippen molar-refractivity contribution in [3.63, 3.8) is 0 Å². The highest BCUT2D eigenvalue weighted by Crippen LogP contribution is 2.19. The maximum atomic E-state index is 13.3. The Hall–Kier alpha value is -1.82. The molecule has 2 amide bonds. The monoisotopic (exact) mass is 295 g/mol. The molecule has 1 aromatic carbocycles. The summed E-state index contributed by atoms with van der Waals surface area (Å²) in [5.41, 5.74) is 0.800. The van der Waals surface area contributed by atoms with Crippen LogP contribution in [0.4, 0.5) is 9.18 Å². The van der Waals surface area contributed by atoms with Gasteiger partial charge in [0.05, 0.1) is 6.54 Å². The van der Waals surface area contributed by atoms with Gasteiger partial charge in [-0.25, -0.2) is 9.18 Å². The van der Waals surface area contributed by atoms with Crippen LogP contribution in [0.3, 0.4) is 0 Å². The van der Waals surface area contributed by atoms with Crippen LogP contribution in [0.5, 0.6) is 5.75 Å². The van der Waals surface area contributed by atoms with Gasteiger partial charge in [0.2, 0.25) is 0 Å². The molecular weight excluding hydrogens is 273 g/mol. The summed E-state index contributed by atoms with van der Waals surface area (Å²) in [4.78, 5) is 13.1. The van der Waals surface area contributed by atoms with Crippen molar-refractivity contribution < 1.29 is 13.9 Å². The Balaban J connectivity index is 1.87. The summed E-state index contributed by atoms with van der Waals surface area (Å²) in [7, 11) is 0. The lowest BCUT2D eigenvalue weighted by molar-refractivity contribution is 0.202. The highest BCUT2D eigenvalue weighted by atomic mass is 19.1. The molecule has 116 valence electrons. The topological polar surface area (TPSA) is 53.6 Å². The molecule has 0 bridgehead atoms. The maximum absolute atomic E-state index is 13.3. The molecular formula is C15H22FN3O2. The molecule has 1 aliphatic rings. The number of urea groups is 1. The number of rotatable bonds is 8. The lowest BCUT2D eigenvalue weighted by Crippen LogP contribution is -2.32. The SMILES string of the molecule is CCCNCc1cc(F)ccc1OCCN1CCNC1=O. The van der Waals surface area contributed by atoms with Gasteiger partial charge in [0.25, 0.3) is 0 Å². The van der Waals surface area contributed by atoms with Crippen molar-refractivity contribution in [2.24, 2.45) is 0 Å². The Morgan fingerprint density at radius 3 is 3.05 bits per heavy atom. The van der Waals surface area contributed by atoms with Gasteiger partial charge in [-0.1, -0.05) is 6.92 Å². The van der Waals surface area contributed by atoms with E-state index in [0.29, 0.717) is 38.5 Å². The van der Waals surface area contributed by atoms with Gasteiger partial charge in [-0.3, -0.25) is 0 Å². The van der Waals surface area contributed by atoms with Crippen molar-refractivity contribution in [3.05, 3.63) is 29.6 Å². The van der Waals surface area contributed by atoms with E-state index >= 15 is 0 Å². The Kier molecular flexibility index (Phi) is 5.80. The van der Waals surface area contributed by atoms with Gasteiger partial charge in [-0.15, -0.1) is 0 Å². The zero-order valence-electron chi connectivity index (χ0n) is 12.3. The molecule has 1 heterocycles. The highest BCUT2D eigenvalue weighted by Gasteiger charge is 2.18. The van der Waals surface area contributed by atoms with Crippen molar-refractivity contribution in [1.29, 1.82) is 0 Å². The molecule has 1 saturated heterocycles. The molecule has 1 aromatic rings. The predicted octanol–water partition coefficient (Wildman–Crippen LogP) is 1.73. The lowest BCUT2D eigenvalue weighted by atomic mass is 10.2. The summed E-state index contributed by atoms with van der Waals surface area (Å²) in [5.74, 6) is 0.397. The molecule has 0 saturated carbocycles. The van der Waals surface area contributed by atoms with Crippen LogP contribution in [-0.4, -0.2) is 43.7 Å². The fraction of sp³-hybridized carbons (Fsp3) is 0.533. The first-order valence-corrected chi connectivity index (χ1v) is 7.35. The fourth-order valence-electron chi connectivity index (χ4n) is 2.22. The third kappa shape index (κ3) is 4.60. The van der Waals surface area contributed by atoms with Crippen molar-refractivity contribution in [3.8, 4) is 5.75 Å². The van der Waals surface area contributed by atoms with E-state index in [2.05, 4.69) is 17.6 Å². The van der Waals surface area contributed by atoms with E-state index in [1.54, 1.807) is 11.0 Å². The van der Waals surface area contributed by atoms with Crippen molar-refractivity contribution >= 4 is 6.03 Å². The Bertz CT molecular complexity index is 482. The van der Waals surface area contributed by atoms with Gasteiger partial charge >= 0.3 is 6.03 Å². The second kappa shape index (κ2) is 7.83. The number of hydrogen-bond donors (Lipinski definition) is 2. The van der Waals surface area contributed by atoms with Gasteiger partial charge < -0.3 is 20.3 Å². The molecule has 2 rings (SSSR count). The molecule has 0 spiro atoms. The summed E-state index contributed by atoms with van der Waals surface area (Å²) in [6.07, 6.45) is 1.02. The Morgan fingerprint density at radius 1 is 1.48 bits per heavy atom. The van der Waals surface area contributed by atoms with Crippen LogP contribution in [0.1, 0.15) is 18.9 Å². The number of ether oxygens (including phenoxy) is 1. The average Bonchev–Trinajstić information content (AvgIpc) is 2.87. The first-order valence-electron chi connectivity index (χ1n) is 7.35. The second-order valence-corrected chi connectivity index (χ2v) is 5.00. The van der Waals surface area contributed by atoms with E-state index in [-0.39, 0.29) is 11.8 Å². The van der Waals surface area contributed by atoms with Crippen LogP contribution in [0.15, 0.2) is 18.2 Å². The van der Waals surface area contributed by atoms with Crippen molar-refractivity contribution in [1.82, 2.24) is 15.5 Å². The fourth-order valence-corrected chi connectivity index (χ4v) is 2.22. The normalized spacial score (nSPS) is 14.4. The minimum absolute atomic E-state index is 0.0532. The van der Waals surface area contributed by atoms with Crippen molar-refractivity contribution in [2.45, 2.75) is 19.9 Å². The third-order valence-electron chi connectivity index (χ3n) is 3.33. The van der Waals surface area contributed by atoms with Crippen LogP contribution >= 0.6 is 0 Å². The number of carbonyl (C=O) groups is 1. The van der Waals surface area contributed by atoms with E-state index in [4.69, 9.17) is 4.74 Å². The molecule has 0 aliphatic carbocycles. The standard InChI is InChI=1S/C15H22FN3O2/c1-2-5-17-11-12-10-13(16)3-4-14(12)21-9-8-19-7-6-18-15(19)20/h3-4,10,17H,2,5-9,11H2,1H3,(H,18,20). The van der Waals surface area contributed by atoms with Crippen LogP contribution in [0, 0.1) is 5.82 Å². The summed E-state index contributed by atoms with van der Waals surface area (Å²) in [5, 5.41) is 5.98. The maximum Gasteiger partial charge on any atom is 0.317 e. The van der Waals surface area contributed by atoms with Crippen molar-refractivity contribution in [2.75, 3.05) is 32.8 Å². The molecule has 1 fully saturated rings. The van der Waals surface area contributed by atoms with Crippen LogP contribution in [0.25, 0.3) is 0 Å². The second-order valence-electron chi connectivity index (χ2n) is 5.00. The molecule has 5 nitrogen and oxygen atoms in total. The van der Waals surface area contributed by atoms with Gasteiger partial charge in [0.15, 0.2) is 0 Å². The lowest BCUT2D eigenvalue weighted by Gasteiger charge is -2.16. The molecule has 0 atom stereocenters. The summed E-state index contributed by atoms with van der Waals surface area (Å²) >= 11 is 0. The number of halogens is 1. The Labute approximate surface area is 124 Å². The molecule has 0 unspecified atom stereocenters. The number of hydrogen-bond acceptors (Lipinski definition) is 3. The molecule has 6 heteroatoms. The van der Waals surface area contributed by atoms with Gasteiger partial charge in [0, 0.05) is 25.2 Å². The predicted molar refractivity (Wildman–Crippen MR) is 78.9 cm³/mol. The first-order chi connectivity index (χ1) is 10.2. The molecule has 1 aliphatic heterocycles. The highest BCUT2D eigenvalue weighted by molar-refractivity contribution is 5.76. The van der Waals surface area contributed by atoms with E-state index in [1.165, 1.54) is 12.1 Å². The van der Waals surface area contributed by atoms with Gasteiger partial charge in [-0.2, -0.15) is 0 Å². The van der Waals surface area contributed by atoms with Crippen LogP contribution < -0.4 is 15.4 Å². The minimum atomic E-state index is -0.269. The van der Waals surface area contributed by atoms with E-state index in [1.807, 2.05) is 0 Å². The summed E-state index contributed by atoms with van der Waals surface area (Å²) in [6.45, 7) is 5.86. The summed E-state index contributed by atoms with van der Waals surface area (Å²) < 4.78 is 19.0. The molecule has 0 radical (unpaired) electrons. The van der Waals surface area contributed by atoms with E-state index < -0.39 is 0 Å². The third-order valence-corrected chi connectivity index (χ3v) is 3.33.